The Morgan fingerprint density at radius 3 is 2.36 bits per heavy atom. The lowest BCUT2D eigenvalue weighted by Gasteiger charge is -2.33. The van der Waals surface area contributed by atoms with E-state index in [2.05, 4.69) is 5.32 Å². The molecule has 12 heteroatoms. The molecule has 0 aliphatic carbocycles. The van der Waals surface area contributed by atoms with E-state index in [0.717, 1.165) is 10.6 Å². The quantitative estimate of drug-likeness (QED) is 0.528. The number of fused-ring (bicyclic) bond motifs is 1. The van der Waals surface area contributed by atoms with Crippen molar-refractivity contribution >= 4 is 50.7 Å². The van der Waals surface area contributed by atoms with E-state index in [1.165, 1.54) is 23.1 Å². The van der Waals surface area contributed by atoms with E-state index in [0.29, 0.717) is 27.1 Å². The van der Waals surface area contributed by atoms with Gasteiger partial charge >= 0.3 is 0 Å². The van der Waals surface area contributed by atoms with Gasteiger partial charge in [-0.05, 0) is 57.5 Å². The number of carbonyl (C=O) groups is 2. The first-order valence-electron chi connectivity index (χ1n) is 11.1. The van der Waals surface area contributed by atoms with Crippen LogP contribution in [0, 0.1) is 0 Å². The lowest BCUT2D eigenvalue weighted by atomic mass is 10.1. The van der Waals surface area contributed by atoms with Gasteiger partial charge in [-0.3, -0.25) is 13.9 Å². The van der Waals surface area contributed by atoms with Gasteiger partial charge in [0.05, 0.1) is 11.9 Å². The number of ether oxygens (including phenoxy) is 2. The van der Waals surface area contributed by atoms with Crippen LogP contribution in [0.2, 0.25) is 10.0 Å². The molecule has 1 heterocycles. The number of nitrogens with zero attached hydrogens (tertiary/aromatic N) is 2. The summed E-state index contributed by atoms with van der Waals surface area (Å²) in [6.07, 6.45) is 1.00. The first-order valence-corrected chi connectivity index (χ1v) is 13.7. The molecular formula is C24H29Cl2N3O6S. The standard InChI is InChI=1S/C24H29Cl2N3O6S/c1-15(23(31)27-24(2,3)4)28(12-16-6-7-17(25)10-19(16)26)22(30)13-29(36(5,32)33)18-8-9-20-21(11-18)35-14-34-20/h6-11,15H,12-14H2,1-5H3,(H,27,31)/t15-/m0/s1. The Morgan fingerprint density at radius 1 is 1.08 bits per heavy atom. The Labute approximate surface area is 221 Å². The lowest BCUT2D eigenvalue weighted by molar-refractivity contribution is -0.140. The third kappa shape index (κ3) is 6.96. The zero-order valence-corrected chi connectivity index (χ0v) is 23.0. The fourth-order valence-corrected chi connectivity index (χ4v) is 4.85. The molecule has 9 nitrogen and oxygen atoms in total. The van der Waals surface area contributed by atoms with Gasteiger partial charge in [-0.15, -0.1) is 0 Å². The van der Waals surface area contributed by atoms with Crippen LogP contribution in [0.1, 0.15) is 33.3 Å². The van der Waals surface area contributed by atoms with Gasteiger partial charge in [0.1, 0.15) is 12.6 Å². The number of anilines is 1. The number of sulfonamides is 1. The minimum Gasteiger partial charge on any atom is -0.454 e. The Balaban J connectivity index is 1.95. The molecule has 3 rings (SSSR count). The van der Waals surface area contributed by atoms with Crippen molar-refractivity contribution in [2.24, 2.45) is 0 Å². The number of halogens is 2. The van der Waals surface area contributed by atoms with Crippen LogP contribution in [0.4, 0.5) is 5.69 Å². The van der Waals surface area contributed by atoms with Crippen LogP contribution >= 0.6 is 23.2 Å². The zero-order valence-electron chi connectivity index (χ0n) is 20.7. The van der Waals surface area contributed by atoms with Gasteiger partial charge in [0.25, 0.3) is 0 Å². The first-order chi connectivity index (χ1) is 16.7. The van der Waals surface area contributed by atoms with E-state index in [9.17, 15) is 18.0 Å². The summed E-state index contributed by atoms with van der Waals surface area (Å²) in [5, 5.41) is 3.60. The highest BCUT2D eigenvalue weighted by atomic mass is 35.5. The minimum atomic E-state index is -3.88. The van der Waals surface area contributed by atoms with E-state index in [1.54, 1.807) is 25.1 Å². The molecule has 2 amide bonds. The van der Waals surface area contributed by atoms with Crippen LogP contribution in [0.3, 0.4) is 0 Å². The van der Waals surface area contributed by atoms with Crippen LogP contribution in [-0.2, 0) is 26.2 Å². The van der Waals surface area contributed by atoms with E-state index in [1.807, 2.05) is 20.8 Å². The molecule has 2 aromatic rings. The maximum Gasteiger partial charge on any atom is 0.244 e. The number of hydrogen-bond donors (Lipinski definition) is 1. The largest absolute Gasteiger partial charge is 0.454 e. The summed E-state index contributed by atoms with van der Waals surface area (Å²) in [6, 6.07) is 8.49. The summed E-state index contributed by atoms with van der Waals surface area (Å²) in [5.41, 5.74) is 0.244. The third-order valence-corrected chi connectivity index (χ3v) is 7.07. The molecule has 0 unspecified atom stereocenters. The number of rotatable bonds is 8. The summed E-state index contributed by atoms with van der Waals surface area (Å²) in [4.78, 5) is 27.9. The highest BCUT2D eigenvalue weighted by Crippen LogP contribution is 2.36. The SMILES string of the molecule is C[C@@H](C(=O)NC(C)(C)C)N(Cc1ccc(Cl)cc1Cl)C(=O)CN(c1ccc2c(c1)OCO2)S(C)(=O)=O. The predicted molar refractivity (Wildman–Crippen MR) is 139 cm³/mol. The van der Waals surface area contributed by atoms with Crippen LogP contribution in [0.25, 0.3) is 0 Å². The summed E-state index contributed by atoms with van der Waals surface area (Å²) in [5.74, 6) is -0.142. The minimum absolute atomic E-state index is 0.0205. The Morgan fingerprint density at radius 2 is 1.75 bits per heavy atom. The van der Waals surface area contributed by atoms with Crippen molar-refractivity contribution in [2.45, 2.75) is 45.8 Å². The van der Waals surface area contributed by atoms with Gasteiger partial charge in [0.2, 0.25) is 28.6 Å². The number of benzene rings is 2. The van der Waals surface area contributed by atoms with Gasteiger partial charge in [0.15, 0.2) is 11.5 Å². The maximum absolute atomic E-state index is 13.6. The highest BCUT2D eigenvalue weighted by Gasteiger charge is 2.32. The topological polar surface area (TPSA) is 105 Å². The average molecular weight is 558 g/mol. The molecule has 1 aliphatic heterocycles. The molecule has 0 bridgehead atoms. The molecule has 0 fully saturated rings. The molecular weight excluding hydrogens is 529 g/mol. The number of hydrogen-bond acceptors (Lipinski definition) is 6. The summed E-state index contributed by atoms with van der Waals surface area (Å²) in [6.45, 7) is 6.49. The van der Waals surface area contributed by atoms with Crippen LogP contribution in [-0.4, -0.2) is 56.3 Å². The highest BCUT2D eigenvalue weighted by molar-refractivity contribution is 7.92. The molecule has 0 saturated heterocycles. The van der Waals surface area contributed by atoms with Crippen LogP contribution in [0.15, 0.2) is 36.4 Å². The van der Waals surface area contributed by atoms with Crippen molar-refractivity contribution in [3.8, 4) is 11.5 Å². The third-order valence-electron chi connectivity index (χ3n) is 5.34. The van der Waals surface area contributed by atoms with E-state index in [4.69, 9.17) is 32.7 Å². The average Bonchev–Trinajstić information content (AvgIpc) is 3.22. The van der Waals surface area contributed by atoms with Crippen molar-refractivity contribution < 1.29 is 27.5 Å². The van der Waals surface area contributed by atoms with E-state index < -0.39 is 40.0 Å². The molecule has 196 valence electrons. The van der Waals surface area contributed by atoms with E-state index in [-0.39, 0.29) is 19.0 Å². The molecule has 1 atom stereocenters. The van der Waals surface area contributed by atoms with Crippen molar-refractivity contribution in [1.82, 2.24) is 10.2 Å². The fraction of sp³-hybridized carbons (Fsp3) is 0.417. The van der Waals surface area contributed by atoms with E-state index >= 15 is 0 Å². The Bertz CT molecular complexity index is 1260. The van der Waals surface area contributed by atoms with Crippen molar-refractivity contribution in [3.05, 3.63) is 52.0 Å². The van der Waals surface area contributed by atoms with Gasteiger partial charge in [-0.2, -0.15) is 0 Å². The Hall–Kier alpha value is -2.69. The lowest BCUT2D eigenvalue weighted by Crippen LogP contribution is -2.54. The Kier molecular flexibility index (Phi) is 8.32. The molecule has 36 heavy (non-hydrogen) atoms. The summed E-state index contributed by atoms with van der Waals surface area (Å²) >= 11 is 12.3. The molecule has 1 aliphatic rings. The number of amides is 2. The van der Waals surface area contributed by atoms with Gasteiger partial charge in [-0.25, -0.2) is 8.42 Å². The van der Waals surface area contributed by atoms with Crippen LogP contribution in [0.5, 0.6) is 11.5 Å². The maximum atomic E-state index is 13.6. The van der Waals surface area contributed by atoms with Gasteiger partial charge in [0, 0.05) is 28.2 Å². The van der Waals surface area contributed by atoms with Crippen molar-refractivity contribution in [2.75, 3.05) is 23.9 Å². The number of nitrogens with one attached hydrogen (secondary N) is 1. The molecule has 0 radical (unpaired) electrons. The fourth-order valence-electron chi connectivity index (χ4n) is 3.54. The normalized spacial score (nSPS) is 13.8. The molecule has 0 saturated carbocycles. The molecule has 0 aromatic heterocycles. The van der Waals surface area contributed by atoms with Crippen molar-refractivity contribution in [1.29, 1.82) is 0 Å². The van der Waals surface area contributed by atoms with Crippen molar-refractivity contribution in [3.63, 3.8) is 0 Å². The molecule has 1 N–H and O–H groups in total. The monoisotopic (exact) mass is 557 g/mol. The predicted octanol–water partition coefficient (Wildman–Crippen LogP) is 3.82. The van der Waals surface area contributed by atoms with Gasteiger partial charge < -0.3 is 19.7 Å². The number of carbonyl (C=O) groups excluding carboxylic acids is 2. The molecule has 2 aromatic carbocycles. The van der Waals surface area contributed by atoms with Gasteiger partial charge in [-0.1, -0.05) is 29.3 Å². The zero-order chi connectivity index (χ0) is 26.8. The first kappa shape index (κ1) is 27.9. The second kappa shape index (κ2) is 10.7. The second-order valence-corrected chi connectivity index (χ2v) is 12.2. The second-order valence-electron chi connectivity index (χ2n) is 9.48. The molecule has 0 spiro atoms. The van der Waals surface area contributed by atoms with Crippen LogP contribution < -0.4 is 19.1 Å². The summed E-state index contributed by atoms with van der Waals surface area (Å²) in [7, 11) is -3.88. The summed E-state index contributed by atoms with van der Waals surface area (Å²) < 4.78 is 37.0. The smallest absolute Gasteiger partial charge is 0.244 e.